The number of anilines is 1. The van der Waals surface area contributed by atoms with Gasteiger partial charge in [-0.15, -0.1) is 0 Å². The Labute approximate surface area is 235 Å². The number of ether oxygens (including phenoxy) is 1. The van der Waals surface area contributed by atoms with Crippen molar-refractivity contribution >= 4 is 67.6 Å². The Morgan fingerprint density at radius 3 is 2.53 bits per heavy atom. The van der Waals surface area contributed by atoms with Crippen molar-refractivity contribution in [2.75, 3.05) is 31.3 Å². The molecule has 200 valence electrons. The van der Waals surface area contributed by atoms with Crippen LogP contribution in [-0.2, 0) is 14.8 Å². The van der Waals surface area contributed by atoms with E-state index in [0.717, 1.165) is 0 Å². The van der Waals surface area contributed by atoms with Crippen LogP contribution in [0.1, 0.15) is 13.8 Å². The van der Waals surface area contributed by atoms with Gasteiger partial charge in [-0.2, -0.15) is 4.31 Å². The summed E-state index contributed by atoms with van der Waals surface area (Å²) >= 11 is 13.4. The summed E-state index contributed by atoms with van der Waals surface area (Å²) in [6.45, 7) is 4.32. The molecule has 0 spiro atoms. The Bertz CT molecular complexity index is 1590. The Morgan fingerprint density at radius 1 is 1.08 bits per heavy atom. The van der Waals surface area contributed by atoms with E-state index in [4.69, 9.17) is 32.9 Å². The number of hydrogen-bond acceptors (Lipinski definition) is 6. The van der Waals surface area contributed by atoms with Crippen LogP contribution in [0.2, 0.25) is 10.0 Å². The van der Waals surface area contributed by atoms with E-state index in [9.17, 15) is 13.2 Å². The molecule has 1 heterocycles. The monoisotopic (exact) mass is 592 g/mol. The fourth-order valence-electron chi connectivity index (χ4n) is 3.96. The number of rotatable bonds is 10. The van der Waals surface area contributed by atoms with Crippen molar-refractivity contribution in [2.24, 2.45) is 0 Å². The average Bonchev–Trinajstić information content (AvgIpc) is 3.27. The summed E-state index contributed by atoms with van der Waals surface area (Å²) in [5.74, 6) is 0.317. The first-order valence-electron chi connectivity index (χ1n) is 11.7. The first-order chi connectivity index (χ1) is 18.2. The van der Waals surface area contributed by atoms with Gasteiger partial charge in [-0.25, -0.2) is 13.4 Å². The predicted molar refractivity (Wildman–Crippen MR) is 154 cm³/mol. The molecule has 4 aromatic rings. The van der Waals surface area contributed by atoms with Gasteiger partial charge in [0.15, 0.2) is 5.16 Å². The van der Waals surface area contributed by atoms with Crippen LogP contribution in [0.25, 0.3) is 16.7 Å². The molecule has 12 heteroatoms. The number of imidazole rings is 1. The minimum absolute atomic E-state index is 0.0198. The number of thioether (sulfide) groups is 1. The molecule has 0 aliphatic heterocycles. The maximum atomic E-state index is 13.1. The van der Waals surface area contributed by atoms with Gasteiger partial charge >= 0.3 is 0 Å². The third kappa shape index (κ3) is 5.79. The van der Waals surface area contributed by atoms with E-state index in [1.165, 1.54) is 16.1 Å². The van der Waals surface area contributed by atoms with Crippen molar-refractivity contribution in [1.82, 2.24) is 13.9 Å². The molecule has 3 aromatic carbocycles. The number of nitrogens with one attached hydrogen (secondary N) is 1. The Kier molecular flexibility index (Phi) is 8.89. The molecular formula is C26H26Cl2N4O4S2. The number of benzene rings is 3. The number of fused-ring (bicyclic) bond motifs is 1. The topological polar surface area (TPSA) is 93.5 Å². The van der Waals surface area contributed by atoms with Gasteiger partial charge in [0.05, 0.1) is 45.2 Å². The van der Waals surface area contributed by atoms with E-state index in [2.05, 4.69) is 5.32 Å². The number of aromatic nitrogens is 2. The number of nitrogens with zero attached hydrogens (tertiary/aromatic N) is 3. The van der Waals surface area contributed by atoms with Crippen LogP contribution in [-0.4, -0.2) is 54.1 Å². The lowest BCUT2D eigenvalue weighted by atomic mass is 10.2. The molecule has 1 amide bonds. The third-order valence-corrected chi connectivity index (χ3v) is 9.35. The van der Waals surface area contributed by atoms with Crippen molar-refractivity contribution in [1.29, 1.82) is 0 Å². The second kappa shape index (κ2) is 12.0. The predicted octanol–water partition coefficient (Wildman–Crippen LogP) is 6.10. The van der Waals surface area contributed by atoms with Crippen LogP contribution in [0.5, 0.6) is 5.75 Å². The molecule has 0 aliphatic rings. The number of amides is 1. The zero-order chi connectivity index (χ0) is 27.4. The van der Waals surface area contributed by atoms with E-state index in [1.807, 2.05) is 28.8 Å². The zero-order valence-electron chi connectivity index (χ0n) is 20.9. The summed E-state index contributed by atoms with van der Waals surface area (Å²) in [4.78, 5) is 17.7. The molecule has 0 bridgehead atoms. The molecule has 1 aromatic heterocycles. The lowest BCUT2D eigenvalue weighted by molar-refractivity contribution is -0.113. The summed E-state index contributed by atoms with van der Waals surface area (Å²) in [5.41, 5.74) is 2.27. The summed E-state index contributed by atoms with van der Waals surface area (Å²) in [6.07, 6.45) is 0. The highest BCUT2D eigenvalue weighted by Gasteiger charge is 2.24. The second-order valence-corrected chi connectivity index (χ2v) is 11.8. The van der Waals surface area contributed by atoms with Crippen LogP contribution in [0.15, 0.2) is 70.7 Å². The van der Waals surface area contributed by atoms with Crippen molar-refractivity contribution in [3.05, 3.63) is 70.7 Å². The lowest BCUT2D eigenvalue weighted by Crippen LogP contribution is -2.30. The molecule has 1 N–H and O–H groups in total. The number of halogens is 2. The van der Waals surface area contributed by atoms with Gasteiger partial charge in [0.2, 0.25) is 15.9 Å². The van der Waals surface area contributed by atoms with E-state index >= 15 is 0 Å². The quantitative estimate of drug-likeness (QED) is 0.223. The number of methoxy groups -OCH3 is 1. The highest BCUT2D eigenvalue weighted by molar-refractivity contribution is 7.99. The van der Waals surface area contributed by atoms with Gasteiger partial charge < -0.3 is 10.1 Å². The number of carbonyl (C=O) groups is 1. The SMILES string of the molecule is CCN(CC)S(=O)(=O)c1ccc2c(c1)nc(SCC(=O)Nc1cc(Cl)ccc1Cl)n2-c1ccccc1OC. The van der Waals surface area contributed by atoms with Crippen LogP contribution in [0.3, 0.4) is 0 Å². The van der Waals surface area contributed by atoms with Crippen LogP contribution >= 0.6 is 35.0 Å². The molecule has 0 radical (unpaired) electrons. The van der Waals surface area contributed by atoms with Crippen LogP contribution in [0.4, 0.5) is 5.69 Å². The zero-order valence-corrected chi connectivity index (χ0v) is 24.1. The summed E-state index contributed by atoms with van der Waals surface area (Å²) in [7, 11) is -2.11. The van der Waals surface area contributed by atoms with Crippen LogP contribution < -0.4 is 10.1 Å². The Morgan fingerprint density at radius 2 is 1.82 bits per heavy atom. The van der Waals surface area contributed by atoms with Gasteiger partial charge in [-0.3, -0.25) is 9.36 Å². The largest absolute Gasteiger partial charge is 0.495 e. The summed E-state index contributed by atoms with van der Waals surface area (Å²) < 4.78 is 35.1. The van der Waals surface area contributed by atoms with Crippen molar-refractivity contribution < 1.29 is 17.9 Å². The van der Waals surface area contributed by atoms with E-state index in [1.54, 1.807) is 57.4 Å². The normalized spacial score (nSPS) is 11.7. The number of hydrogen-bond donors (Lipinski definition) is 1. The highest BCUT2D eigenvalue weighted by atomic mass is 35.5. The minimum atomic E-state index is -3.68. The molecule has 0 saturated heterocycles. The molecule has 0 saturated carbocycles. The minimum Gasteiger partial charge on any atom is -0.495 e. The van der Waals surface area contributed by atoms with Crippen molar-refractivity contribution in [3.63, 3.8) is 0 Å². The maximum Gasteiger partial charge on any atom is 0.243 e. The van der Waals surface area contributed by atoms with Gasteiger partial charge in [0.25, 0.3) is 0 Å². The van der Waals surface area contributed by atoms with E-state index in [-0.39, 0.29) is 16.6 Å². The first-order valence-corrected chi connectivity index (χ1v) is 14.9. The molecule has 38 heavy (non-hydrogen) atoms. The number of carbonyl (C=O) groups excluding carboxylic acids is 1. The van der Waals surface area contributed by atoms with Crippen molar-refractivity contribution in [3.8, 4) is 11.4 Å². The van der Waals surface area contributed by atoms with Gasteiger partial charge in [-0.05, 0) is 48.5 Å². The summed E-state index contributed by atoms with van der Waals surface area (Å²) in [5, 5.41) is 4.08. The standard InChI is InChI=1S/C26H26Cl2N4O4S2/c1-4-31(5-2)38(34,35)18-11-13-22-21(15-18)30-26(32(22)23-8-6-7-9-24(23)36-3)37-16-25(33)29-20-14-17(27)10-12-19(20)28/h6-15H,4-5,16H2,1-3H3,(H,29,33). The highest BCUT2D eigenvalue weighted by Crippen LogP contribution is 2.34. The third-order valence-electron chi connectivity index (χ3n) is 5.80. The lowest BCUT2D eigenvalue weighted by Gasteiger charge is -2.18. The number of para-hydroxylation sites is 2. The first kappa shape index (κ1) is 28.3. The molecule has 0 aliphatic carbocycles. The van der Waals surface area contributed by atoms with Gasteiger partial charge in [-0.1, -0.05) is 60.9 Å². The Hall–Kier alpha value is -2.76. The average molecular weight is 594 g/mol. The molecule has 0 unspecified atom stereocenters. The smallest absolute Gasteiger partial charge is 0.243 e. The Balaban J connectivity index is 1.74. The molecular weight excluding hydrogens is 567 g/mol. The van der Waals surface area contributed by atoms with Crippen molar-refractivity contribution in [2.45, 2.75) is 23.9 Å². The fraction of sp³-hybridized carbons (Fsp3) is 0.231. The van der Waals surface area contributed by atoms with E-state index in [0.29, 0.717) is 56.4 Å². The molecule has 0 fully saturated rings. The van der Waals surface area contributed by atoms with Gasteiger partial charge in [0, 0.05) is 18.1 Å². The molecule has 8 nitrogen and oxygen atoms in total. The van der Waals surface area contributed by atoms with E-state index < -0.39 is 10.0 Å². The summed E-state index contributed by atoms with van der Waals surface area (Å²) in [6, 6.07) is 17.1. The van der Waals surface area contributed by atoms with Crippen LogP contribution in [0, 0.1) is 0 Å². The molecule has 4 rings (SSSR count). The fourth-order valence-corrected chi connectivity index (χ4v) is 6.60. The maximum absolute atomic E-state index is 13.1. The molecule has 0 atom stereocenters. The number of sulfonamides is 1. The van der Waals surface area contributed by atoms with Gasteiger partial charge in [0.1, 0.15) is 5.75 Å². The second-order valence-electron chi connectivity index (χ2n) is 8.10.